The van der Waals surface area contributed by atoms with Crippen molar-refractivity contribution >= 4 is 11.3 Å². The summed E-state index contributed by atoms with van der Waals surface area (Å²) in [6, 6.07) is 2.62. The highest BCUT2D eigenvalue weighted by Gasteiger charge is 2.40. The lowest BCUT2D eigenvalue weighted by Gasteiger charge is -2.42. The normalized spacial score (nSPS) is 21.4. The molecule has 0 aliphatic heterocycles. The van der Waals surface area contributed by atoms with Gasteiger partial charge in [-0.15, -0.1) is 11.3 Å². The summed E-state index contributed by atoms with van der Waals surface area (Å²) in [5, 5.41) is 5.74. The molecule has 96 valence electrons. The molecule has 1 N–H and O–H groups in total. The van der Waals surface area contributed by atoms with Gasteiger partial charge in [-0.25, -0.2) is 0 Å². The summed E-state index contributed by atoms with van der Waals surface area (Å²) in [6.07, 6.45) is 6.27. The fourth-order valence-corrected chi connectivity index (χ4v) is 3.84. The second kappa shape index (κ2) is 5.51. The molecule has 1 aromatic heterocycles. The van der Waals surface area contributed by atoms with Crippen molar-refractivity contribution in [2.75, 3.05) is 14.2 Å². The molecule has 1 aliphatic rings. The Hall–Kier alpha value is -0.380. The first-order chi connectivity index (χ1) is 8.22. The number of hydrogen-bond donors (Lipinski definition) is 1. The van der Waals surface area contributed by atoms with Gasteiger partial charge in [0.25, 0.3) is 0 Å². The van der Waals surface area contributed by atoms with E-state index in [4.69, 9.17) is 4.74 Å². The fraction of sp³-hybridized carbons (Fsp3) is 0.714. The second-order valence-corrected chi connectivity index (χ2v) is 6.16. The molecule has 1 atom stereocenters. The van der Waals surface area contributed by atoms with Crippen LogP contribution in [0.2, 0.25) is 0 Å². The minimum Gasteiger partial charge on any atom is -0.376 e. The summed E-state index contributed by atoms with van der Waals surface area (Å²) < 4.78 is 5.94. The lowest BCUT2D eigenvalue weighted by Crippen LogP contribution is -2.45. The number of nitrogens with one attached hydrogen (secondary N) is 1. The summed E-state index contributed by atoms with van der Waals surface area (Å²) >= 11 is 1.83. The molecule has 0 amide bonds. The first kappa shape index (κ1) is 13.1. The third-order valence-electron chi connectivity index (χ3n) is 4.01. The molecular weight excluding hydrogens is 230 g/mol. The van der Waals surface area contributed by atoms with Gasteiger partial charge >= 0.3 is 0 Å². The summed E-state index contributed by atoms with van der Waals surface area (Å²) in [6.45, 7) is 2.17. The van der Waals surface area contributed by atoms with E-state index in [0.29, 0.717) is 6.04 Å². The zero-order valence-electron chi connectivity index (χ0n) is 11.1. The van der Waals surface area contributed by atoms with Gasteiger partial charge in [-0.3, -0.25) is 0 Å². The van der Waals surface area contributed by atoms with Crippen molar-refractivity contribution in [1.82, 2.24) is 5.32 Å². The minimum absolute atomic E-state index is 0.000509. The predicted molar refractivity (Wildman–Crippen MR) is 73.7 cm³/mol. The van der Waals surface area contributed by atoms with Gasteiger partial charge in [0.2, 0.25) is 0 Å². The molecule has 17 heavy (non-hydrogen) atoms. The molecule has 0 bridgehead atoms. The maximum atomic E-state index is 5.94. The smallest absolute Gasteiger partial charge is 0.0872 e. The van der Waals surface area contributed by atoms with Gasteiger partial charge in [0.15, 0.2) is 0 Å². The number of hydrogen-bond acceptors (Lipinski definition) is 3. The number of likely N-dealkylation sites (N-methyl/N-ethyl adjacent to an activating group) is 1. The van der Waals surface area contributed by atoms with E-state index in [1.54, 1.807) is 0 Å². The Balaban J connectivity index is 2.26. The van der Waals surface area contributed by atoms with E-state index < -0.39 is 0 Å². The number of rotatable bonds is 4. The molecule has 1 heterocycles. The van der Waals surface area contributed by atoms with Crippen LogP contribution in [-0.2, 0) is 4.74 Å². The van der Waals surface area contributed by atoms with Crippen molar-refractivity contribution < 1.29 is 4.74 Å². The molecule has 0 radical (unpaired) electrons. The van der Waals surface area contributed by atoms with Crippen LogP contribution in [0, 0.1) is 6.92 Å². The molecule has 0 saturated heterocycles. The molecular formula is C14H23NOS. The Bertz CT molecular complexity index is 355. The predicted octanol–water partition coefficient (Wildman–Crippen LogP) is 3.67. The van der Waals surface area contributed by atoms with Gasteiger partial charge in [-0.05, 0) is 43.8 Å². The first-order valence-corrected chi connectivity index (χ1v) is 7.37. The summed E-state index contributed by atoms with van der Waals surface area (Å²) in [4.78, 5) is 1.38. The monoisotopic (exact) mass is 253 g/mol. The highest BCUT2D eigenvalue weighted by molar-refractivity contribution is 7.10. The third kappa shape index (κ3) is 2.56. The van der Waals surface area contributed by atoms with E-state index in [0.717, 1.165) is 0 Å². The largest absolute Gasteiger partial charge is 0.376 e. The van der Waals surface area contributed by atoms with Gasteiger partial charge in [-0.2, -0.15) is 0 Å². The van der Waals surface area contributed by atoms with Crippen molar-refractivity contribution in [1.29, 1.82) is 0 Å². The van der Waals surface area contributed by atoms with Gasteiger partial charge in [0.1, 0.15) is 0 Å². The number of aryl methyl sites for hydroxylation is 1. The Kier molecular flexibility index (Phi) is 4.23. The molecule has 1 aromatic rings. The number of methoxy groups -OCH3 is 1. The Labute approximate surface area is 108 Å². The molecule has 3 heteroatoms. The molecule has 1 fully saturated rings. The zero-order chi connectivity index (χ0) is 12.3. The van der Waals surface area contributed by atoms with Crippen LogP contribution in [0.15, 0.2) is 11.4 Å². The van der Waals surface area contributed by atoms with Crippen molar-refractivity contribution in [2.24, 2.45) is 0 Å². The van der Waals surface area contributed by atoms with E-state index in [-0.39, 0.29) is 5.60 Å². The summed E-state index contributed by atoms with van der Waals surface area (Å²) in [5.41, 5.74) is 1.39. The molecule has 1 aliphatic carbocycles. The third-order valence-corrected chi connectivity index (χ3v) is 4.89. The van der Waals surface area contributed by atoms with Gasteiger partial charge in [0, 0.05) is 12.0 Å². The molecule has 2 rings (SSSR count). The van der Waals surface area contributed by atoms with Crippen LogP contribution in [0.5, 0.6) is 0 Å². The molecule has 1 unspecified atom stereocenters. The number of ether oxygens (including phenoxy) is 1. The van der Waals surface area contributed by atoms with E-state index in [1.165, 1.54) is 42.5 Å². The lowest BCUT2D eigenvalue weighted by molar-refractivity contribution is -0.0670. The van der Waals surface area contributed by atoms with Gasteiger partial charge in [-0.1, -0.05) is 19.3 Å². The van der Waals surface area contributed by atoms with E-state index in [9.17, 15) is 0 Å². The van der Waals surface area contributed by atoms with Crippen LogP contribution in [0.25, 0.3) is 0 Å². The summed E-state index contributed by atoms with van der Waals surface area (Å²) in [5.74, 6) is 0. The quantitative estimate of drug-likeness (QED) is 0.884. The average Bonchev–Trinajstić information content (AvgIpc) is 2.78. The maximum Gasteiger partial charge on any atom is 0.0872 e. The van der Waals surface area contributed by atoms with Crippen LogP contribution in [0.1, 0.15) is 48.6 Å². The molecule has 0 spiro atoms. The Morgan fingerprint density at radius 2 is 2.06 bits per heavy atom. The van der Waals surface area contributed by atoms with Gasteiger partial charge < -0.3 is 10.1 Å². The van der Waals surface area contributed by atoms with Gasteiger partial charge in [0.05, 0.1) is 11.6 Å². The fourth-order valence-electron chi connectivity index (χ4n) is 3.11. The van der Waals surface area contributed by atoms with Crippen LogP contribution in [-0.4, -0.2) is 19.8 Å². The van der Waals surface area contributed by atoms with Crippen LogP contribution in [0.3, 0.4) is 0 Å². The van der Waals surface area contributed by atoms with Crippen molar-refractivity contribution in [3.05, 3.63) is 21.9 Å². The zero-order valence-corrected chi connectivity index (χ0v) is 11.9. The second-order valence-electron chi connectivity index (χ2n) is 5.04. The highest BCUT2D eigenvalue weighted by atomic mass is 32.1. The number of thiophene rings is 1. The molecule has 2 nitrogen and oxygen atoms in total. The SMILES string of the molecule is CNC(c1csc(C)c1)C1(OC)CCCCC1. The average molecular weight is 253 g/mol. The van der Waals surface area contributed by atoms with Crippen LogP contribution in [0.4, 0.5) is 0 Å². The van der Waals surface area contributed by atoms with E-state index >= 15 is 0 Å². The van der Waals surface area contributed by atoms with Crippen LogP contribution < -0.4 is 5.32 Å². The minimum atomic E-state index is 0.000509. The Morgan fingerprint density at radius 1 is 1.35 bits per heavy atom. The van der Waals surface area contributed by atoms with E-state index in [2.05, 4.69) is 23.7 Å². The lowest BCUT2D eigenvalue weighted by atomic mass is 9.77. The standard InChI is InChI=1S/C14H23NOS/c1-11-9-12(10-17-11)13(15-2)14(16-3)7-5-4-6-8-14/h9-10,13,15H,4-8H2,1-3H3. The van der Waals surface area contributed by atoms with Crippen molar-refractivity contribution in [3.8, 4) is 0 Å². The summed E-state index contributed by atoms with van der Waals surface area (Å²) in [7, 11) is 3.92. The van der Waals surface area contributed by atoms with Crippen molar-refractivity contribution in [3.63, 3.8) is 0 Å². The van der Waals surface area contributed by atoms with E-state index in [1.807, 2.05) is 25.5 Å². The molecule has 1 saturated carbocycles. The first-order valence-electron chi connectivity index (χ1n) is 6.49. The van der Waals surface area contributed by atoms with Crippen molar-refractivity contribution in [2.45, 2.75) is 50.7 Å². The highest BCUT2D eigenvalue weighted by Crippen LogP contribution is 2.41. The van der Waals surface area contributed by atoms with Crippen LogP contribution >= 0.6 is 11.3 Å². The topological polar surface area (TPSA) is 21.3 Å². The maximum absolute atomic E-state index is 5.94. The Morgan fingerprint density at radius 3 is 2.53 bits per heavy atom. The molecule has 0 aromatic carbocycles.